The molecule has 0 unspecified atom stereocenters. The summed E-state index contributed by atoms with van der Waals surface area (Å²) in [6.45, 7) is 3.67. The molecule has 0 saturated heterocycles. The Labute approximate surface area is 110 Å². The number of nitrogens with one attached hydrogen (secondary N) is 1. The third-order valence-electron chi connectivity index (χ3n) is 2.75. The van der Waals surface area contributed by atoms with Crippen LogP contribution in [0, 0.1) is 13.8 Å². The van der Waals surface area contributed by atoms with Crippen LogP contribution in [0.3, 0.4) is 0 Å². The van der Waals surface area contributed by atoms with Crippen LogP contribution in [0.25, 0.3) is 0 Å². The average Bonchev–Trinajstić information content (AvgIpc) is 2.65. The lowest BCUT2D eigenvalue weighted by Gasteiger charge is -2.06. The van der Waals surface area contributed by atoms with Gasteiger partial charge in [-0.05, 0) is 25.5 Å². The zero-order chi connectivity index (χ0) is 13.3. The van der Waals surface area contributed by atoms with Gasteiger partial charge >= 0.3 is 0 Å². The molecule has 0 fully saturated rings. The quantitative estimate of drug-likeness (QED) is 0.847. The van der Waals surface area contributed by atoms with E-state index in [4.69, 9.17) is 11.6 Å². The van der Waals surface area contributed by atoms with Gasteiger partial charge in [0.05, 0.1) is 23.6 Å². The number of amides is 1. The molecule has 94 valence electrons. The molecule has 0 aromatic carbocycles. The van der Waals surface area contributed by atoms with Crippen LogP contribution < -0.4 is 5.32 Å². The number of anilines is 1. The fourth-order valence-corrected chi connectivity index (χ4v) is 1.65. The molecule has 0 bridgehead atoms. The Bertz CT molecular complexity index is 606. The van der Waals surface area contributed by atoms with Gasteiger partial charge in [-0.15, -0.1) is 0 Å². The Balaban J connectivity index is 2.21. The lowest BCUT2D eigenvalue weighted by Crippen LogP contribution is -2.13. The van der Waals surface area contributed by atoms with Crippen molar-refractivity contribution >= 4 is 23.2 Å². The number of halogens is 1. The lowest BCUT2D eigenvalue weighted by atomic mass is 10.2. The Hall–Kier alpha value is -1.88. The molecule has 0 spiro atoms. The van der Waals surface area contributed by atoms with Crippen molar-refractivity contribution in [3.63, 3.8) is 0 Å². The summed E-state index contributed by atoms with van der Waals surface area (Å²) >= 11 is 5.83. The van der Waals surface area contributed by atoms with E-state index >= 15 is 0 Å². The number of hydrogen-bond acceptors (Lipinski definition) is 3. The number of aromatic nitrogens is 3. The molecule has 2 aromatic rings. The zero-order valence-corrected chi connectivity index (χ0v) is 11.1. The molecule has 0 radical (unpaired) electrons. The minimum absolute atomic E-state index is 0.205. The number of aryl methyl sites for hydroxylation is 2. The van der Waals surface area contributed by atoms with Crippen LogP contribution in [-0.2, 0) is 7.05 Å². The maximum absolute atomic E-state index is 12.0. The summed E-state index contributed by atoms with van der Waals surface area (Å²) < 4.78 is 1.65. The van der Waals surface area contributed by atoms with Crippen LogP contribution in [0.2, 0.25) is 5.15 Å². The van der Waals surface area contributed by atoms with Crippen molar-refractivity contribution in [3.05, 3.63) is 40.4 Å². The van der Waals surface area contributed by atoms with Crippen molar-refractivity contribution < 1.29 is 4.79 Å². The molecule has 2 heterocycles. The van der Waals surface area contributed by atoms with Gasteiger partial charge < -0.3 is 5.32 Å². The minimum Gasteiger partial charge on any atom is -0.320 e. The molecule has 0 aliphatic carbocycles. The zero-order valence-electron chi connectivity index (χ0n) is 10.4. The van der Waals surface area contributed by atoms with Crippen LogP contribution in [0.5, 0.6) is 0 Å². The minimum atomic E-state index is -0.205. The van der Waals surface area contributed by atoms with Crippen molar-refractivity contribution in [2.75, 3.05) is 5.32 Å². The molecule has 2 aromatic heterocycles. The molecule has 2 rings (SSSR count). The van der Waals surface area contributed by atoms with Gasteiger partial charge in [-0.3, -0.25) is 9.48 Å². The van der Waals surface area contributed by atoms with Gasteiger partial charge in [-0.2, -0.15) is 5.10 Å². The third kappa shape index (κ3) is 2.36. The average molecular weight is 265 g/mol. The van der Waals surface area contributed by atoms with Gasteiger partial charge in [-0.25, -0.2) is 4.98 Å². The molecular weight excluding hydrogens is 252 g/mol. The van der Waals surface area contributed by atoms with Gasteiger partial charge in [-0.1, -0.05) is 11.6 Å². The van der Waals surface area contributed by atoms with E-state index in [9.17, 15) is 4.79 Å². The number of rotatable bonds is 2. The Morgan fingerprint density at radius 2 is 2.11 bits per heavy atom. The Kier molecular flexibility index (Phi) is 3.34. The Morgan fingerprint density at radius 1 is 1.39 bits per heavy atom. The molecule has 1 amide bonds. The van der Waals surface area contributed by atoms with Gasteiger partial charge in [0.1, 0.15) is 5.15 Å². The topological polar surface area (TPSA) is 59.8 Å². The summed E-state index contributed by atoms with van der Waals surface area (Å²) in [4.78, 5) is 16.0. The fourth-order valence-electron chi connectivity index (χ4n) is 1.55. The van der Waals surface area contributed by atoms with Crippen LogP contribution in [0.1, 0.15) is 21.6 Å². The van der Waals surface area contributed by atoms with E-state index in [2.05, 4.69) is 15.4 Å². The van der Waals surface area contributed by atoms with Crippen molar-refractivity contribution in [2.45, 2.75) is 13.8 Å². The van der Waals surface area contributed by atoms with Crippen LogP contribution >= 0.6 is 11.6 Å². The summed E-state index contributed by atoms with van der Waals surface area (Å²) in [6.07, 6.45) is 3.07. The summed E-state index contributed by atoms with van der Waals surface area (Å²) in [5.74, 6) is -0.205. The second kappa shape index (κ2) is 4.78. The predicted octanol–water partition coefficient (Wildman–Crippen LogP) is 2.34. The SMILES string of the molecule is Cc1cc(NC(=O)c2cnn(C)c2C)cnc1Cl. The van der Waals surface area contributed by atoms with E-state index in [1.807, 2.05) is 13.8 Å². The summed E-state index contributed by atoms with van der Waals surface area (Å²) in [7, 11) is 1.79. The fraction of sp³-hybridized carbons (Fsp3) is 0.250. The van der Waals surface area contributed by atoms with Gasteiger partial charge in [0.15, 0.2) is 0 Å². The van der Waals surface area contributed by atoms with Crippen molar-refractivity contribution in [2.24, 2.45) is 7.05 Å². The largest absolute Gasteiger partial charge is 0.320 e. The van der Waals surface area contributed by atoms with Crippen molar-refractivity contribution in [1.82, 2.24) is 14.8 Å². The molecule has 0 aliphatic heterocycles. The lowest BCUT2D eigenvalue weighted by molar-refractivity contribution is 0.102. The maximum atomic E-state index is 12.0. The number of pyridine rings is 1. The first-order chi connectivity index (χ1) is 8.49. The molecule has 0 saturated carbocycles. The smallest absolute Gasteiger partial charge is 0.259 e. The first kappa shape index (κ1) is 12.6. The molecule has 6 heteroatoms. The van der Waals surface area contributed by atoms with E-state index in [0.29, 0.717) is 16.4 Å². The number of hydrogen-bond donors (Lipinski definition) is 1. The van der Waals surface area contributed by atoms with Crippen LogP contribution in [0.4, 0.5) is 5.69 Å². The summed E-state index contributed by atoms with van der Waals surface area (Å²) in [5.41, 5.74) is 2.79. The normalized spacial score (nSPS) is 10.4. The Morgan fingerprint density at radius 3 is 2.67 bits per heavy atom. The van der Waals surface area contributed by atoms with Crippen molar-refractivity contribution in [1.29, 1.82) is 0 Å². The summed E-state index contributed by atoms with van der Waals surface area (Å²) in [6, 6.07) is 1.78. The molecule has 5 nitrogen and oxygen atoms in total. The van der Waals surface area contributed by atoms with E-state index in [-0.39, 0.29) is 5.91 Å². The number of nitrogens with zero attached hydrogens (tertiary/aromatic N) is 3. The first-order valence-electron chi connectivity index (χ1n) is 5.41. The van der Waals surface area contributed by atoms with E-state index in [1.165, 1.54) is 6.20 Å². The molecule has 1 N–H and O–H groups in total. The standard InChI is InChI=1S/C12H13ClN4O/c1-7-4-9(5-14-11(7)13)16-12(18)10-6-15-17(3)8(10)2/h4-6H,1-3H3,(H,16,18). The second-order valence-corrected chi connectivity index (χ2v) is 4.41. The second-order valence-electron chi connectivity index (χ2n) is 4.05. The molecule has 0 atom stereocenters. The number of carbonyl (C=O) groups excluding carboxylic acids is 1. The van der Waals surface area contributed by atoms with E-state index < -0.39 is 0 Å². The molecule has 18 heavy (non-hydrogen) atoms. The van der Waals surface area contributed by atoms with Gasteiger partial charge in [0.2, 0.25) is 0 Å². The van der Waals surface area contributed by atoms with Gasteiger partial charge in [0, 0.05) is 12.7 Å². The highest BCUT2D eigenvalue weighted by Gasteiger charge is 2.13. The summed E-state index contributed by atoms with van der Waals surface area (Å²) in [5, 5.41) is 7.23. The first-order valence-corrected chi connectivity index (χ1v) is 5.79. The van der Waals surface area contributed by atoms with E-state index in [1.54, 1.807) is 24.0 Å². The highest BCUT2D eigenvalue weighted by Crippen LogP contribution is 2.17. The molecule has 0 aliphatic rings. The van der Waals surface area contributed by atoms with Crippen molar-refractivity contribution in [3.8, 4) is 0 Å². The van der Waals surface area contributed by atoms with Gasteiger partial charge in [0.25, 0.3) is 5.91 Å². The maximum Gasteiger partial charge on any atom is 0.259 e. The molecular formula is C12H13ClN4O. The highest BCUT2D eigenvalue weighted by atomic mass is 35.5. The highest BCUT2D eigenvalue weighted by molar-refractivity contribution is 6.30. The number of carbonyl (C=O) groups is 1. The van der Waals surface area contributed by atoms with Crippen LogP contribution in [-0.4, -0.2) is 20.7 Å². The van der Waals surface area contributed by atoms with E-state index in [0.717, 1.165) is 11.3 Å². The predicted molar refractivity (Wildman–Crippen MR) is 69.9 cm³/mol. The monoisotopic (exact) mass is 264 g/mol. The van der Waals surface area contributed by atoms with Crippen LogP contribution in [0.15, 0.2) is 18.5 Å². The third-order valence-corrected chi connectivity index (χ3v) is 3.15.